The molecule has 0 saturated carbocycles. The maximum Gasteiger partial charge on any atom is 0.412 e. The number of fused-ring (bicyclic) bond motifs is 1. The van der Waals surface area contributed by atoms with Crippen molar-refractivity contribution >= 4 is 28.8 Å². The molecule has 1 amide bonds. The minimum Gasteiger partial charge on any atom is -0.462 e. The smallest absolute Gasteiger partial charge is 0.412 e. The summed E-state index contributed by atoms with van der Waals surface area (Å²) in [5.41, 5.74) is 2.96. The molecule has 0 aliphatic carbocycles. The number of hydrogen-bond acceptors (Lipinski definition) is 6. The van der Waals surface area contributed by atoms with Gasteiger partial charge in [-0.15, -0.1) is 0 Å². The zero-order valence-corrected chi connectivity index (χ0v) is 16.3. The number of amides is 1. The van der Waals surface area contributed by atoms with Gasteiger partial charge in [-0.05, 0) is 44.9 Å². The molecule has 0 atom stereocenters. The Morgan fingerprint density at radius 2 is 1.86 bits per heavy atom. The van der Waals surface area contributed by atoms with E-state index in [0.29, 0.717) is 5.82 Å². The van der Waals surface area contributed by atoms with E-state index in [1.54, 1.807) is 13.8 Å². The highest BCUT2D eigenvalue weighted by atomic mass is 16.5. The van der Waals surface area contributed by atoms with Crippen molar-refractivity contribution in [2.75, 3.05) is 18.5 Å². The van der Waals surface area contributed by atoms with E-state index in [0.717, 1.165) is 22.0 Å². The highest BCUT2D eigenvalue weighted by Gasteiger charge is 2.23. The van der Waals surface area contributed by atoms with Gasteiger partial charge in [-0.1, -0.05) is 18.2 Å². The molecule has 2 aromatic heterocycles. The number of ether oxygens (including phenoxy) is 2. The average molecular weight is 382 g/mol. The van der Waals surface area contributed by atoms with Gasteiger partial charge in [-0.3, -0.25) is 5.32 Å². The van der Waals surface area contributed by atoms with Crippen molar-refractivity contribution in [1.82, 2.24) is 14.8 Å². The largest absolute Gasteiger partial charge is 0.462 e. The van der Waals surface area contributed by atoms with Crippen LogP contribution in [0.25, 0.3) is 16.7 Å². The average Bonchev–Trinajstić information content (AvgIpc) is 3.06. The predicted octanol–water partition coefficient (Wildman–Crippen LogP) is 3.78. The Labute approximate surface area is 162 Å². The van der Waals surface area contributed by atoms with Crippen molar-refractivity contribution in [3.63, 3.8) is 0 Å². The number of pyridine rings is 1. The first kappa shape index (κ1) is 19.3. The van der Waals surface area contributed by atoms with Crippen LogP contribution in [-0.4, -0.2) is 40.0 Å². The second-order valence-electron chi connectivity index (χ2n) is 6.15. The summed E-state index contributed by atoms with van der Waals surface area (Å²) in [5, 5.41) is 7.87. The second kappa shape index (κ2) is 8.08. The third-order valence-corrected chi connectivity index (χ3v) is 4.21. The lowest BCUT2D eigenvalue weighted by atomic mass is 10.1. The van der Waals surface area contributed by atoms with E-state index in [1.165, 1.54) is 10.9 Å². The molecule has 1 aromatic carbocycles. The number of anilines is 1. The van der Waals surface area contributed by atoms with Crippen LogP contribution in [0, 0.1) is 13.8 Å². The number of esters is 1. The molecule has 0 fully saturated rings. The summed E-state index contributed by atoms with van der Waals surface area (Å²) in [6.45, 7) is 7.75. The lowest BCUT2D eigenvalue weighted by Gasteiger charge is -2.12. The fourth-order valence-electron chi connectivity index (χ4n) is 2.92. The third-order valence-electron chi connectivity index (χ3n) is 4.21. The molecule has 3 aromatic rings. The fourth-order valence-corrected chi connectivity index (χ4v) is 2.92. The summed E-state index contributed by atoms with van der Waals surface area (Å²) in [7, 11) is 0. The molecule has 28 heavy (non-hydrogen) atoms. The van der Waals surface area contributed by atoms with Crippen molar-refractivity contribution in [2.24, 2.45) is 0 Å². The first-order chi connectivity index (χ1) is 13.5. The summed E-state index contributed by atoms with van der Waals surface area (Å²) in [4.78, 5) is 29.0. The Hall–Kier alpha value is -3.42. The minimum absolute atomic E-state index is 0.124. The molecular weight excluding hydrogens is 360 g/mol. The number of nitrogens with zero attached hydrogens (tertiary/aromatic N) is 3. The maximum absolute atomic E-state index is 12.3. The Kier molecular flexibility index (Phi) is 5.58. The van der Waals surface area contributed by atoms with Gasteiger partial charge in [0.2, 0.25) is 0 Å². The number of rotatable bonds is 5. The summed E-state index contributed by atoms with van der Waals surface area (Å²) >= 11 is 0. The molecule has 0 spiro atoms. The summed E-state index contributed by atoms with van der Waals surface area (Å²) in [6, 6.07) is 7.80. The standard InChI is InChI=1S/C20H22N4O4/c1-5-27-19(25)15-11-21-24(18(15)23-20(26)28-6-2)16-10-13(4)14-9-7-8-12(3)17(14)22-16/h7-11H,5-6H2,1-4H3,(H,23,26). The molecule has 0 saturated heterocycles. The van der Waals surface area contributed by atoms with Crippen molar-refractivity contribution < 1.29 is 19.1 Å². The van der Waals surface area contributed by atoms with Gasteiger partial charge in [0.1, 0.15) is 5.56 Å². The number of benzene rings is 1. The molecule has 8 nitrogen and oxygen atoms in total. The number of para-hydroxylation sites is 1. The highest BCUT2D eigenvalue weighted by Crippen LogP contribution is 2.26. The normalized spacial score (nSPS) is 10.7. The van der Waals surface area contributed by atoms with E-state index in [4.69, 9.17) is 14.5 Å². The van der Waals surface area contributed by atoms with Gasteiger partial charge in [0, 0.05) is 5.39 Å². The molecule has 3 rings (SSSR count). The van der Waals surface area contributed by atoms with Crippen LogP contribution in [0.15, 0.2) is 30.5 Å². The molecule has 146 valence electrons. The first-order valence-electron chi connectivity index (χ1n) is 9.02. The first-order valence-corrected chi connectivity index (χ1v) is 9.02. The third kappa shape index (κ3) is 3.66. The Morgan fingerprint density at radius 3 is 2.57 bits per heavy atom. The molecule has 0 aliphatic heterocycles. The minimum atomic E-state index is -0.691. The topological polar surface area (TPSA) is 95.3 Å². The fraction of sp³-hybridized carbons (Fsp3) is 0.300. The van der Waals surface area contributed by atoms with Crippen LogP contribution < -0.4 is 5.32 Å². The van der Waals surface area contributed by atoms with Gasteiger partial charge < -0.3 is 9.47 Å². The zero-order chi connectivity index (χ0) is 20.3. The van der Waals surface area contributed by atoms with Crippen LogP contribution in [0.2, 0.25) is 0 Å². The lowest BCUT2D eigenvalue weighted by molar-refractivity contribution is 0.0527. The molecule has 0 unspecified atom stereocenters. The van der Waals surface area contributed by atoms with Crippen LogP contribution in [-0.2, 0) is 9.47 Å². The van der Waals surface area contributed by atoms with E-state index in [9.17, 15) is 9.59 Å². The number of aryl methyl sites for hydroxylation is 2. The monoisotopic (exact) mass is 382 g/mol. The molecule has 1 N–H and O–H groups in total. The Bertz CT molecular complexity index is 1040. The van der Waals surface area contributed by atoms with Gasteiger partial charge >= 0.3 is 12.1 Å². The van der Waals surface area contributed by atoms with Crippen molar-refractivity contribution in [2.45, 2.75) is 27.7 Å². The number of aromatic nitrogens is 3. The van der Waals surface area contributed by atoms with Crippen LogP contribution >= 0.6 is 0 Å². The van der Waals surface area contributed by atoms with Gasteiger partial charge in [0.15, 0.2) is 11.6 Å². The molecule has 2 heterocycles. The Morgan fingerprint density at radius 1 is 1.11 bits per heavy atom. The van der Waals surface area contributed by atoms with Crippen molar-refractivity contribution in [3.05, 3.63) is 47.2 Å². The number of carbonyl (C=O) groups is 2. The van der Waals surface area contributed by atoms with Crippen LogP contribution in [0.3, 0.4) is 0 Å². The van der Waals surface area contributed by atoms with Crippen LogP contribution in [0.4, 0.5) is 10.6 Å². The molecule has 0 bridgehead atoms. The van der Waals surface area contributed by atoms with Gasteiger partial charge in [-0.25, -0.2) is 14.6 Å². The van der Waals surface area contributed by atoms with E-state index >= 15 is 0 Å². The van der Waals surface area contributed by atoms with Gasteiger partial charge in [0.05, 0.1) is 24.9 Å². The molecular formula is C20H22N4O4. The Balaban J connectivity index is 2.15. The van der Waals surface area contributed by atoms with Crippen LogP contribution in [0.5, 0.6) is 0 Å². The SMILES string of the molecule is CCOC(=O)Nc1c(C(=O)OCC)cnn1-c1cc(C)c2cccc(C)c2n1. The molecule has 0 radical (unpaired) electrons. The summed E-state index contributed by atoms with van der Waals surface area (Å²) in [6.07, 6.45) is 0.655. The van der Waals surface area contributed by atoms with Gasteiger partial charge in [0.25, 0.3) is 0 Å². The van der Waals surface area contributed by atoms with Crippen molar-refractivity contribution in [3.8, 4) is 5.82 Å². The van der Waals surface area contributed by atoms with E-state index < -0.39 is 12.1 Å². The molecule has 0 aliphatic rings. The predicted molar refractivity (Wildman–Crippen MR) is 105 cm³/mol. The maximum atomic E-state index is 12.3. The summed E-state index contributed by atoms with van der Waals surface area (Å²) in [5.74, 6) is 0.0348. The van der Waals surface area contributed by atoms with Crippen LogP contribution in [0.1, 0.15) is 35.3 Å². The highest BCUT2D eigenvalue weighted by molar-refractivity contribution is 5.99. The lowest BCUT2D eigenvalue weighted by Crippen LogP contribution is -2.19. The number of hydrogen-bond donors (Lipinski definition) is 1. The van der Waals surface area contributed by atoms with Crippen molar-refractivity contribution in [1.29, 1.82) is 0 Å². The quantitative estimate of drug-likeness (QED) is 0.675. The summed E-state index contributed by atoms with van der Waals surface area (Å²) < 4.78 is 11.4. The zero-order valence-electron chi connectivity index (χ0n) is 16.3. The van der Waals surface area contributed by atoms with Gasteiger partial charge in [-0.2, -0.15) is 9.78 Å². The molecule has 8 heteroatoms. The second-order valence-corrected chi connectivity index (χ2v) is 6.15. The van der Waals surface area contributed by atoms with E-state index in [2.05, 4.69) is 10.4 Å². The van der Waals surface area contributed by atoms with E-state index in [-0.39, 0.29) is 24.6 Å². The number of carbonyl (C=O) groups excluding carboxylic acids is 2. The number of nitrogens with one attached hydrogen (secondary N) is 1. The van der Waals surface area contributed by atoms with E-state index in [1.807, 2.05) is 38.1 Å².